The molecule has 6 nitrogen and oxygen atoms in total. The number of nitrogens with two attached hydrogens (primary N) is 1. The average molecular weight is 243 g/mol. The fraction of sp³-hybridized carbons (Fsp3) is 0.818. The number of amides is 1. The lowest BCUT2D eigenvalue weighted by atomic mass is 10.0. The van der Waals surface area contributed by atoms with Crippen molar-refractivity contribution in [1.29, 1.82) is 0 Å². The van der Waals surface area contributed by atoms with Crippen molar-refractivity contribution >= 4 is 11.8 Å². The third-order valence-corrected chi connectivity index (χ3v) is 2.34. The highest BCUT2D eigenvalue weighted by atomic mass is 16.6. The number of ether oxygens (including phenoxy) is 1. The van der Waals surface area contributed by atoms with Crippen LogP contribution < -0.4 is 5.73 Å². The Hall–Kier alpha value is -1.30. The maximum Gasteiger partial charge on any atom is 0.410 e. The van der Waals surface area contributed by atoms with Crippen LogP contribution in [0, 0.1) is 0 Å². The lowest BCUT2D eigenvalue weighted by Gasteiger charge is -2.33. The number of nitrogens with zero attached hydrogens (tertiary/aromatic N) is 2. The van der Waals surface area contributed by atoms with E-state index < -0.39 is 5.60 Å². The molecule has 1 atom stereocenters. The molecule has 1 aliphatic heterocycles. The summed E-state index contributed by atoms with van der Waals surface area (Å²) >= 11 is 0. The van der Waals surface area contributed by atoms with Crippen LogP contribution in [0.25, 0.3) is 0 Å². The zero-order chi connectivity index (χ0) is 13.1. The predicted molar refractivity (Wildman–Crippen MR) is 64.8 cm³/mol. The van der Waals surface area contributed by atoms with E-state index in [9.17, 15) is 4.79 Å². The summed E-state index contributed by atoms with van der Waals surface area (Å²) in [4.78, 5) is 18.1. The van der Waals surface area contributed by atoms with Crippen LogP contribution in [-0.4, -0.2) is 48.5 Å². The van der Waals surface area contributed by atoms with Crippen LogP contribution >= 0.6 is 0 Å². The van der Waals surface area contributed by atoms with Gasteiger partial charge in [0.15, 0.2) is 0 Å². The first-order valence-electron chi connectivity index (χ1n) is 5.67. The van der Waals surface area contributed by atoms with Crippen LogP contribution in [0.4, 0.5) is 4.79 Å². The van der Waals surface area contributed by atoms with Crippen LogP contribution in [0.3, 0.4) is 0 Å². The number of rotatable bonds is 1. The first-order valence-corrected chi connectivity index (χ1v) is 5.67. The van der Waals surface area contributed by atoms with E-state index in [0.717, 1.165) is 5.71 Å². The maximum absolute atomic E-state index is 11.8. The number of likely N-dealkylation sites (tertiary alicyclic amines) is 1. The molecule has 0 aromatic rings. The molecule has 1 saturated heterocycles. The van der Waals surface area contributed by atoms with Gasteiger partial charge in [-0.25, -0.2) is 4.79 Å². The summed E-state index contributed by atoms with van der Waals surface area (Å²) in [5.74, 6) is 0. The fourth-order valence-corrected chi connectivity index (χ4v) is 1.59. The summed E-state index contributed by atoms with van der Waals surface area (Å²) in [5, 5.41) is 3.85. The fourth-order valence-electron chi connectivity index (χ4n) is 1.59. The van der Waals surface area contributed by atoms with Gasteiger partial charge in [0.05, 0.1) is 11.8 Å². The zero-order valence-electron chi connectivity index (χ0n) is 10.9. The second-order valence-electron chi connectivity index (χ2n) is 5.05. The van der Waals surface area contributed by atoms with Gasteiger partial charge in [-0.1, -0.05) is 5.16 Å². The Bertz CT molecular complexity index is 310. The Morgan fingerprint density at radius 1 is 1.53 bits per heavy atom. The Labute approximate surface area is 102 Å². The quantitative estimate of drug-likeness (QED) is 0.696. The molecule has 0 bridgehead atoms. The number of piperidine rings is 1. The van der Waals surface area contributed by atoms with Crippen LogP contribution in [0.2, 0.25) is 0 Å². The molecule has 1 aliphatic rings. The van der Waals surface area contributed by atoms with Crippen molar-refractivity contribution in [2.24, 2.45) is 10.9 Å². The zero-order valence-corrected chi connectivity index (χ0v) is 10.9. The third-order valence-electron chi connectivity index (χ3n) is 2.34. The van der Waals surface area contributed by atoms with Gasteiger partial charge in [-0.15, -0.1) is 0 Å². The van der Waals surface area contributed by atoms with Gasteiger partial charge >= 0.3 is 6.09 Å². The minimum atomic E-state index is -0.484. The van der Waals surface area contributed by atoms with Gasteiger partial charge in [0.2, 0.25) is 0 Å². The third kappa shape index (κ3) is 4.22. The van der Waals surface area contributed by atoms with E-state index >= 15 is 0 Å². The van der Waals surface area contributed by atoms with Gasteiger partial charge in [0.25, 0.3) is 0 Å². The molecule has 98 valence electrons. The van der Waals surface area contributed by atoms with Crippen LogP contribution in [0.5, 0.6) is 0 Å². The van der Waals surface area contributed by atoms with Crippen LogP contribution in [0.15, 0.2) is 5.16 Å². The molecule has 17 heavy (non-hydrogen) atoms. The highest BCUT2D eigenvalue weighted by Crippen LogP contribution is 2.13. The normalized spacial score (nSPS) is 23.7. The van der Waals surface area contributed by atoms with Gasteiger partial charge in [0, 0.05) is 19.5 Å². The second kappa shape index (κ2) is 5.35. The lowest BCUT2D eigenvalue weighted by molar-refractivity contribution is 0.0239. The van der Waals surface area contributed by atoms with Gasteiger partial charge < -0.3 is 20.2 Å². The largest absolute Gasteiger partial charge is 0.444 e. The molecule has 2 N–H and O–H groups in total. The summed E-state index contributed by atoms with van der Waals surface area (Å²) in [6.45, 7) is 6.49. The lowest BCUT2D eigenvalue weighted by Crippen LogP contribution is -2.52. The molecule has 1 heterocycles. The molecule has 0 saturated carbocycles. The summed E-state index contributed by atoms with van der Waals surface area (Å²) in [7, 11) is 1.49. The predicted octanol–water partition coefficient (Wildman–Crippen LogP) is 0.957. The smallest absolute Gasteiger partial charge is 0.410 e. The summed E-state index contributed by atoms with van der Waals surface area (Å²) in [6, 6.07) is -0.281. The van der Waals surface area contributed by atoms with E-state index in [1.165, 1.54) is 7.11 Å². The molecule has 0 aromatic heterocycles. The van der Waals surface area contributed by atoms with Crippen molar-refractivity contribution in [1.82, 2.24) is 4.90 Å². The second-order valence-corrected chi connectivity index (χ2v) is 5.05. The van der Waals surface area contributed by atoms with Gasteiger partial charge in [-0.05, 0) is 20.8 Å². The van der Waals surface area contributed by atoms with E-state index in [1.54, 1.807) is 4.90 Å². The van der Waals surface area contributed by atoms with Crippen molar-refractivity contribution < 1.29 is 14.4 Å². The number of carbonyl (C=O) groups is 1. The summed E-state index contributed by atoms with van der Waals surface area (Å²) < 4.78 is 5.28. The number of carbonyl (C=O) groups excluding carboxylic acids is 1. The number of hydrogen-bond acceptors (Lipinski definition) is 5. The molecule has 0 aliphatic carbocycles. The Kier molecular flexibility index (Phi) is 4.34. The molecule has 0 spiro atoms. The van der Waals surface area contributed by atoms with Gasteiger partial charge in [0.1, 0.15) is 12.7 Å². The summed E-state index contributed by atoms with van der Waals surface area (Å²) in [6.07, 6.45) is 0.290. The maximum atomic E-state index is 11.8. The average Bonchev–Trinajstić information content (AvgIpc) is 2.18. The monoisotopic (exact) mass is 243 g/mol. The number of hydrogen-bond donors (Lipinski definition) is 1. The van der Waals surface area contributed by atoms with Crippen molar-refractivity contribution in [2.45, 2.75) is 38.8 Å². The Morgan fingerprint density at radius 2 is 2.18 bits per heavy atom. The van der Waals surface area contributed by atoms with Crippen molar-refractivity contribution in [3.8, 4) is 0 Å². The SMILES string of the molecule is CO/N=C1\CCN(C(=O)OC(C)(C)C)C[C@@H]1N. The highest BCUT2D eigenvalue weighted by Gasteiger charge is 2.29. The van der Waals surface area contributed by atoms with E-state index in [4.69, 9.17) is 15.3 Å². The van der Waals surface area contributed by atoms with Crippen molar-refractivity contribution in [3.63, 3.8) is 0 Å². The standard InChI is InChI=1S/C11H21N3O3/c1-11(2,3)17-10(15)14-6-5-9(13-16-4)8(12)7-14/h8H,5-7,12H2,1-4H3/b13-9+/t8-/m0/s1. The van der Waals surface area contributed by atoms with Gasteiger partial charge in [-0.2, -0.15) is 0 Å². The molecular weight excluding hydrogens is 222 g/mol. The first-order chi connectivity index (χ1) is 7.83. The van der Waals surface area contributed by atoms with E-state index in [0.29, 0.717) is 19.5 Å². The molecule has 1 amide bonds. The van der Waals surface area contributed by atoms with Crippen molar-refractivity contribution in [3.05, 3.63) is 0 Å². The molecule has 0 radical (unpaired) electrons. The van der Waals surface area contributed by atoms with E-state index in [1.807, 2.05) is 20.8 Å². The Balaban J connectivity index is 2.55. The molecule has 1 rings (SSSR count). The number of oxime groups is 1. The van der Waals surface area contributed by atoms with E-state index in [-0.39, 0.29) is 12.1 Å². The molecule has 0 unspecified atom stereocenters. The van der Waals surface area contributed by atoms with Gasteiger partial charge in [-0.3, -0.25) is 0 Å². The topological polar surface area (TPSA) is 77.1 Å². The Morgan fingerprint density at radius 3 is 2.65 bits per heavy atom. The molecule has 1 fully saturated rings. The molecular formula is C11H21N3O3. The minimum absolute atomic E-state index is 0.281. The van der Waals surface area contributed by atoms with E-state index in [2.05, 4.69) is 5.16 Å². The van der Waals surface area contributed by atoms with Crippen LogP contribution in [-0.2, 0) is 9.57 Å². The minimum Gasteiger partial charge on any atom is -0.444 e. The first kappa shape index (κ1) is 13.8. The summed E-state index contributed by atoms with van der Waals surface area (Å²) in [5.41, 5.74) is 6.20. The molecule has 0 aromatic carbocycles. The van der Waals surface area contributed by atoms with Crippen LogP contribution in [0.1, 0.15) is 27.2 Å². The van der Waals surface area contributed by atoms with Crippen molar-refractivity contribution in [2.75, 3.05) is 20.2 Å². The molecule has 6 heteroatoms. The highest BCUT2D eigenvalue weighted by molar-refractivity contribution is 5.91.